The number of nitrogens with one attached hydrogen (secondary N) is 1. The highest BCUT2D eigenvalue weighted by Crippen LogP contribution is 2.42. The molecule has 0 aromatic rings. The van der Waals surface area contributed by atoms with E-state index in [4.69, 9.17) is 17.0 Å². The van der Waals surface area contributed by atoms with Crippen LogP contribution < -0.4 is 5.32 Å². The third kappa shape index (κ3) is 4.32. The number of thiocarbonyl (C=S) groups is 1. The third-order valence-corrected chi connectivity index (χ3v) is 6.54. The molecule has 0 aromatic heterocycles. The van der Waals surface area contributed by atoms with Crippen molar-refractivity contribution in [1.82, 2.24) is 15.1 Å². The summed E-state index contributed by atoms with van der Waals surface area (Å²) in [5.74, 6) is 0. The number of rotatable bonds is 4. The average Bonchev–Trinajstić information content (AvgIpc) is 3.37. The van der Waals surface area contributed by atoms with Crippen molar-refractivity contribution in [2.45, 2.75) is 59.1 Å². The van der Waals surface area contributed by atoms with Crippen molar-refractivity contribution < 1.29 is 4.74 Å². The molecule has 2 aliphatic heterocycles. The van der Waals surface area contributed by atoms with E-state index in [1.54, 1.807) is 5.57 Å². The average molecular weight is 378 g/mol. The second kappa shape index (κ2) is 7.99. The van der Waals surface area contributed by atoms with Gasteiger partial charge in [-0.25, -0.2) is 0 Å². The van der Waals surface area contributed by atoms with Gasteiger partial charge < -0.3 is 15.0 Å². The van der Waals surface area contributed by atoms with Gasteiger partial charge in [0.15, 0.2) is 10.8 Å². The minimum absolute atomic E-state index is 0.184. The highest BCUT2D eigenvalue weighted by molar-refractivity contribution is 7.80. The van der Waals surface area contributed by atoms with Crippen molar-refractivity contribution in [2.75, 3.05) is 39.3 Å². The van der Waals surface area contributed by atoms with Crippen LogP contribution in [-0.2, 0) is 4.74 Å². The Labute approximate surface area is 164 Å². The number of hydrogen-bond donors (Lipinski definition) is 1. The maximum absolute atomic E-state index is 5.98. The molecular weight excluding hydrogens is 342 g/mol. The number of nitrogens with zero attached hydrogens (tertiary/aromatic N) is 2. The van der Waals surface area contributed by atoms with E-state index in [0.717, 1.165) is 50.9 Å². The molecule has 2 heterocycles. The van der Waals surface area contributed by atoms with E-state index >= 15 is 0 Å². The summed E-state index contributed by atoms with van der Waals surface area (Å²) < 4.78 is 5.98. The van der Waals surface area contributed by atoms with Crippen LogP contribution in [0.5, 0.6) is 0 Å². The maximum atomic E-state index is 5.98. The lowest BCUT2D eigenvalue weighted by molar-refractivity contribution is 0.122. The Balaban J connectivity index is 1.67. The van der Waals surface area contributed by atoms with Gasteiger partial charge in [0.25, 0.3) is 0 Å². The van der Waals surface area contributed by atoms with Crippen molar-refractivity contribution in [2.24, 2.45) is 5.41 Å². The van der Waals surface area contributed by atoms with Crippen molar-refractivity contribution in [3.8, 4) is 0 Å². The zero-order valence-corrected chi connectivity index (χ0v) is 17.8. The first kappa shape index (κ1) is 19.8. The van der Waals surface area contributed by atoms with Gasteiger partial charge in [-0.05, 0) is 68.8 Å². The van der Waals surface area contributed by atoms with E-state index in [9.17, 15) is 0 Å². The third-order valence-electron chi connectivity index (χ3n) is 6.14. The normalized spacial score (nSPS) is 29.8. The molecule has 0 aromatic carbocycles. The highest BCUT2D eigenvalue weighted by Gasteiger charge is 2.48. The molecule has 1 N–H and O–H groups in total. The molecule has 0 saturated carbocycles. The molecule has 1 aliphatic carbocycles. The molecule has 0 amide bonds. The molecule has 0 spiro atoms. The van der Waals surface area contributed by atoms with Gasteiger partial charge in [-0.3, -0.25) is 4.90 Å². The lowest BCUT2D eigenvalue weighted by Crippen LogP contribution is -2.43. The summed E-state index contributed by atoms with van der Waals surface area (Å²) in [7, 11) is 0. The Hall–Kier alpha value is -0.910. The molecule has 3 rings (SSSR count). The van der Waals surface area contributed by atoms with E-state index < -0.39 is 0 Å². The van der Waals surface area contributed by atoms with Gasteiger partial charge in [-0.1, -0.05) is 25.5 Å². The van der Waals surface area contributed by atoms with Crippen LogP contribution in [0, 0.1) is 5.41 Å². The zero-order valence-electron chi connectivity index (χ0n) is 16.9. The first-order chi connectivity index (χ1) is 12.4. The summed E-state index contributed by atoms with van der Waals surface area (Å²) in [5, 5.41) is 4.17. The minimum Gasteiger partial charge on any atom is -0.363 e. The smallest absolute Gasteiger partial charge is 0.168 e. The molecule has 2 saturated heterocycles. The van der Waals surface area contributed by atoms with Gasteiger partial charge in [-0.15, -0.1) is 0 Å². The standard InChI is InChI=1S/C21H35N3OS/c1-5-22-19(26)23-12-7-13-24(15-14-23)21(16-25-21)11-9-18-17(2)8-6-10-20(18,3)4/h9,11H,5-8,10,12-16H2,1-4H3,(H,22,26)/b11-9+. The van der Waals surface area contributed by atoms with E-state index in [1.165, 1.54) is 24.8 Å². The molecule has 0 radical (unpaired) electrons. The summed E-state index contributed by atoms with van der Waals surface area (Å²) in [5.41, 5.74) is 3.16. The van der Waals surface area contributed by atoms with Crippen LogP contribution in [0.3, 0.4) is 0 Å². The summed E-state index contributed by atoms with van der Waals surface area (Å²) in [6.07, 6.45) is 9.64. The summed E-state index contributed by atoms with van der Waals surface area (Å²) in [4.78, 5) is 4.80. The molecule has 5 heteroatoms. The van der Waals surface area contributed by atoms with Gasteiger partial charge in [0.1, 0.15) is 0 Å². The number of hydrogen-bond acceptors (Lipinski definition) is 3. The monoisotopic (exact) mass is 377 g/mol. The topological polar surface area (TPSA) is 31.0 Å². The van der Waals surface area contributed by atoms with Crippen LogP contribution in [0.1, 0.15) is 53.4 Å². The van der Waals surface area contributed by atoms with Crippen LogP contribution in [0.4, 0.5) is 0 Å². The Bertz CT molecular complexity index is 592. The molecule has 146 valence electrons. The van der Waals surface area contributed by atoms with Crippen molar-refractivity contribution in [1.29, 1.82) is 0 Å². The Kier molecular flexibility index (Phi) is 6.10. The minimum atomic E-state index is -0.184. The molecule has 4 nitrogen and oxygen atoms in total. The molecule has 2 fully saturated rings. The van der Waals surface area contributed by atoms with E-state index in [0.29, 0.717) is 0 Å². The fourth-order valence-corrected chi connectivity index (χ4v) is 4.77. The van der Waals surface area contributed by atoms with Crippen LogP contribution in [0.15, 0.2) is 23.3 Å². The van der Waals surface area contributed by atoms with Crippen LogP contribution >= 0.6 is 12.2 Å². The second-order valence-corrected chi connectivity index (χ2v) is 8.95. The maximum Gasteiger partial charge on any atom is 0.168 e. The van der Waals surface area contributed by atoms with Gasteiger partial charge in [0.05, 0.1) is 6.61 Å². The fourth-order valence-electron chi connectivity index (χ4n) is 4.44. The molecule has 0 bridgehead atoms. The quantitative estimate of drug-likeness (QED) is 0.596. The fraction of sp³-hybridized carbons (Fsp3) is 0.762. The van der Waals surface area contributed by atoms with Crippen molar-refractivity contribution in [3.63, 3.8) is 0 Å². The first-order valence-electron chi connectivity index (χ1n) is 10.2. The summed E-state index contributed by atoms with van der Waals surface area (Å²) >= 11 is 5.50. The van der Waals surface area contributed by atoms with Gasteiger partial charge >= 0.3 is 0 Å². The van der Waals surface area contributed by atoms with Crippen LogP contribution in [-0.4, -0.2) is 60.0 Å². The van der Waals surface area contributed by atoms with Gasteiger partial charge in [0.2, 0.25) is 0 Å². The largest absolute Gasteiger partial charge is 0.363 e. The molecule has 1 unspecified atom stereocenters. The first-order valence-corrected chi connectivity index (χ1v) is 10.6. The lowest BCUT2D eigenvalue weighted by atomic mass is 9.72. The predicted octanol–water partition coefficient (Wildman–Crippen LogP) is 3.70. The molecule has 26 heavy (non-hydrogen) atoms. The number of allylic oxidation sites excluding steroid dienone is 3. The molecular formula is C21H35N3OS. The molecule has 1 atom stereocenters. The predicted molar refractivity (Wildman–Crippen MR) is 112 cm³/mol. The lowest BCUT2D eigenvalue weighted by Gasteiger charge is -2.33. The SMILES string of the molecule is CCNC(=S)N1CCCN(C2(/C=C/C3=C(C)CCCC3(C)C)CO2)CC1. The van der Waals surface area contributed by atoms with Gasteiger partial charge in [-0.2, -0.15) is 0 Å². The van der Waals surface area contributed by atoms with Crippen LogP contribution in [0.25, 0.3) is 0 Å². The van der Waals surface area contributed by atoms with E-state index in [1.807, 2.05) is 0 Å². The Morgan fingerprint density at radius 1 is 1.23 bits per heavy atom. The summed E-state index contributed by atoms with van der Waals surface area (Å²) in [6.45, 7) is 14.9. The van der Waals surface area contributed by atoms with Crippen LogP contribution in [0.2, 0.25) is 0 Å². The highest BCUT2D eigenvalue weighted by atomic mass is 32.1. The van der Waals surface area contributed by atoms with E-state index in [-0.39, 0.29) is 11.1 Å². The van der Waals surface area contributed by atoms with Crippen molar-refractivity contribution >= 4 is 17.3 Å². The summed E-state index contributed by atoms with van der Waals surface area (Å²) in [6, 6.07) is 0. The molecule has 3 aliphatic rings. The van der Waals surface area contributed by atoms with E-state index in [2.05, 4.69) is 55.0 Å². The number of ether oxygens (including phenoxy) is 1. The Morgan fingerprint density at radius 2 is 2.00 bits per heavy atom. The second-order valence-electron chi connectivity index (χ2n) is 8.56. The number of epoxide rings is 1. The van der Waals surface area contributed by atoms with Crippen molar-refractivity contribution in [3.05, 3.63) is 23.3 Å². The zero-order chi connectivity index (χ0) is 18.8. The Morgan fingerprint density at radius 3 is 2.65 bits per heavy atom. The van der Waals surface area contributed by atoms with Gasteiger partial charge in [0, 0.05) is 32.7 Å².